The van der Waals surface area contributed by atoms with Crippen LogP contribution < -0.4 is 25.0 Å². The predicted octanol–water partition coefficient (Wildman–Crippen LogP) is 5.37. The van der Waals surface area contributed by atoms with Gasteiger partial charge in [0.15, 0.2) is 0 Å². The highest BCUT2D eigenvalue weighted by Gasteiger charge is 2.28. The molecule has 9 nitrogen and oxygen atoms in total. The zero-order chi connectivity index (χ0) is 28.5. The Labute approximate surface area is 254 Å². The number of anilines is 2. The van der Waals surface area contributed by atoms with Crippen LogP contribution in [0.4, 0.5) is 11.4 Å². The number of methoxy groups -OCH3 is 1. The van der Waals surface area contributed by atoms with Crippen molar-refractivity contribution < 1.29 is 23.7 Å². The van der Waals surface area contributed by atoms with Gasteiger partial charge in [-0.1, -0.05) is 18.2 Å². The highest BCUT2D eigenvalue weighted by atomic mass is 35.5. The minimum absolute atomic E-state index is 0. The number of hydrogen-bond donors (Lipinski definition) is 6. The third-order valence-corrected chi connectivity index (χ3v) is 9.66. The summed E-state index contributed by atoms with van der Waals surface area (Å²) in [6.07, 6.45) is 1.24. The van der Waals surface area contributed by atoms with Gasteiger partial charge in [-0.2, -0.15) is 0 Å². The molecule has 0 aliphatic carbocycles. The Kier molecular flexibility index (Phi) is 12.6. The van der Waals surface area contributed by atoms with Crippen molar-refractivity contribution in [3.8, 4) is 5.75 Å². The fourth-order valence-corrected chi connectivity index (χ4v) is 7.21. The van der Waals surface area contributed by atoms with E-state index in [0.717, 1.165) is 34.7 Å². The average Bonchev–Trinajstić information content (AvgIpc) is 3.45. The second-order valence-corrected chi connectivity index (χ2v) is 13.0. The molecule has 0 spiro atoms. The number of ether oxygens (including phenoxy) is 1. The maximum atomic E-state index is 13.6. The Bertz CT molecular complexity index is 1250. The smallest absolute Gasteiger partial charge is 0.251 e. The number of nitrogens with one attached hydrogen (secondary N) is 3. The van der Waals surface area contributed by atoms with Gasteiger partial charge in [0.1, 0.15) is 5.75 Å². The number of halogens is 1. The number of aliphatic hydroxyl groups is 1. The summed E-state index contributed by atoms with van der Waals surface area (Å²) in [5.41, 5.74) is 2.74. The van der Waals surface area contributed by atoms with Gasteiger partial charge in [-0.25, -0.2) is 0 Å². The molecule has 0 saturated carbocycles. The summed E-state index contributed by atoms with van der Waals surface area (Å²) in [5.74, 6) is 0.758. The maximum absolute atomic E-state index is 13.6. The van der Waals surface area contributed by atoms with Crippen LogP contribution in [0, 0.1) is 0 Å². The lowest BCUT2D eigenvalue weighted by atomic mass is 10.0. The molecule has 1 aliphatic rings. The molecule has 4 rings (SSSR count). The van der Waals surface area contributed by atoms with E-state index in [2.05, 4.69) is 16.0 Å². The van der Waals surface area contributed by atoms with Crippen molar-refractivity contribution in [1.82, 2.24) is 10.6 Å². The number of carbonyl (C=O) groups is 1. The van der Waals surface area contributed by atoms with Gasteiger partial charge in [-0.15, -0.1) is 34.5 Å². The lowest BCUT2D eigenvalue weighted by Gasteiger charge is -2.47. The number of benzene rings is 2. The van der Waals surface area contributed by atoms with E-state index < -0.39 is 22.9 Å². The van der Waals surface area contributed by atoms with Crippen molar-refractivity contribution in [1.29, 1.82) is 0 Å². The van der Waals surface area contributed by atoms with Crippen LogP contribution in [0.3, 0.4) is 0 Å². The number of carbonyl (C=O) groups excluding carboxylic acids is 1. The number of amides is 1. The summed E-state index contributed by atoms with van der Waals surface area (Å²) in [7, 11) is -1.31. The number of aliphatic hydroxyl groups excluding tert-OH is 1. The molecular weight excluding hydrogens is 584 g/mol. The van der Waals surface area contributed by atoms with E-state index in [-0.39, 0.29) is 24.9 Å². The summed E-state index contributed by atoms with van der Waals surface area (Å²) in [6.45, 7) is 3.96. The van der Waals surface area contributed by atoms with Gasteiger partial charge in [-0.05, 0) is 67.1 Å². The largest absolute Gasteiger partial charge is 0.497 e. The van der Waals surface area contributed by atoms with Gasteiger partial charge in [0, 0.05) is 48.7 Å². The molecule has 3 aromatic rings. The molecule has 12 heteroatoms. The number of nitrogens with zero attached hydrogens (tertiary/aromatic N) is 1. The fraction of sp³-hybridized carbons (Fsp3) is 0.414. The molecule has 0 radical (unpaired) electrons. The molecule has 6 N–H and O–H groups in total. The van der Waals surface area contributed by atoms with E-state index >= 15 is 0 Å². The van der Waals surface area contributed by atoms with Crippen molar-refractivity contribution in [2.45, 2.75) is 44.9 Å². The minimum atomic E-state index is -2.94. The first kappa shape index (κ1) is 33.0. The molecule has 1 fully saturated rings. The van der Waals surface area contributed by atoms with Crippen molar-refractivity contribution in [3.05, 3.63) is 76.0 Å². The third kappa shape index (κ3) is 9.24. The second-order valence-electron chi connectivity index (χ2n) is 9.86. The van der Waals surface area contributed by atoms with Gasteiger partial charge in [0.05, 0.1) is 30.7 Å². The van der Waals surface area contributed by atoms with Crippen LogP contribution in [0.2, 0.25) is 0 Å². The summed E-state index contributed by atoms with van der Waals surface area (Å²) >= 11 is 1.58. The highest BCUT2D eigenvalue weighted by Crippen LogP contribution is 2.50. The van der Waals surface area contributed by atoms with Gasteiger partial charge >= 0.3 is 0 Å². The highest BCUT2D eigenvalue weighted by molar-refractivity contribution is 8.25. The molecule has 1 saturated heterocycles. The molecule has 226 valence electrons. The first-order valence-electron chi connectivity index (χ1n) is 13.6. The summed E-state index contributed by atoms with van der Waals surface area (Å²) < 4.78 is 28.3. The van der Waals surface area contributed by atoms with Gasteiger partial charge in [0.25, 0.3) is 5.91 Å². The molecule has 2 atom stereocenters. The summed E-state index contributed by atoms with van der Waals surface area (Å²) in [5, 5.41) is 22.7. The normalized spacial score (nSPS) is 16.7. The van der Waals surface area contributed by atoms with Crippen LogP contribution in [0.1, 0.15) is 40.6 Å². The number of hydrogen-bond acceptors (Lipinski definition) is 9. The van der Waals surface area contributed by atoms with Crippen molar-refractivity contribution in [3.63, 3.8) is 0 Å². The van der Waals surface area contributed by atoms with Gasteiger partial charge < -0.3 is 25.8 Å². The summed E-state index contributed by atoms with van der Waals surface area (Å²) in [6, 6.07) is 16.4. The SMILES string of the molecule is CCNc1cc(C(=O)N[C@@H](Cc2cccs2)[C@H](O)CNCc2cccc(OC)c2)cc(N2CCCCS2(O)O)c1.Cl. The van der Waals surface area contributed by atoms with E-state index in [1.165, 1.54) is 0 Å². The standard InChI is InChI=1S/C29H40N4O5S2.ClH/c1-3-31-23-15-22(16-24(17-23)33-11-4-5-13-40(33,36)37)29(35)32-27(18-26-10-7-12-39-26)28(34)20-30-19-21-8-6-9-25(14-21)38-2;/h6-10,12,14-17,27-28,30-31,34,36-37H,3-5,11,13,18-20H2,1-2H3,(H,32,35);1H/t27-,28+;/m0./s1. The Morgan fingerprint density at radius 2 is 1.98 bits per heavy atom. The van der Waals surface area contributed by atoms with Crippen LogP contribution in [0.25, 0.3) is 0 Å². The molecule has 1 aliphatic heterocycles. The molecule has 2 heterocycles. The lowest BCUT2D eigenvalue weighted by Crippen LogP contribution is -2.48. The molecule has 0 bridgehead atoms. The molecule has 1 amide bonds. The number of rotatable bonds is 13. The predicted molar refractivity (Wildman–Crippen MR) is 172 cm³/mol. The Morgan fingerprint density at radius 3 is 2.68 bits per heavy atom. The van der Waals surface area contributed by atoms with Gasteiger partial charge in [0.2, 0.25) is 0 Å². The van der Waals surface area contributed by atoms with Crippen LogP contribution in [0.15, 0.2) is 60.0 Å². The van der Waals surface area contributed by atoms with E-state index in [4.69, 9.17) is 4.74 Å². The second kappa shape index (κ2) is 15.6. The van der Waals surface area contributed by atoms with Crippen LogP contribution in [0.5, 0.6) is 5.75 Å². The Morgan fingerprint density at radius 1 is 1.15 bits per heavy atom. The first-order valence-corrected chi connectivity index (χ1v) is 16.1. The summed E-state index contributed by atoms with van der Waals surface area (Å²) in [4.78, 5) is 14.6. The van der Waals surface area contributed by atoms with E-state index in [1.54, 1.807) is 34.9 Å². The molecule has 0 unspecified atom stereocenters. The van der Waals surface area contributed by atoms with Crippen molar-refractivity contribution in [2.24, 2.45) is 0 Å². The van der Waals surface area contributed by atoms with Crippen molar-refractivity contribution >= 4 is 51.8 Å². The van der Waals surface area contributed by atoms with E-state index in [9.17, 15) is 19.0 Å². The molecule has 1 aromatic heterocycles. The van der Waals surface area contributed by atoms with E-state index in [0.29, 0.717) is 43.1 Å². The zero-order valence-corrected chi connectivity index (χ0v) is 25.9. The quantitative estimate of drug-likeness (QED) is 0.150. The van der Waals surface area contributed by atoms with Crippen molar-refractivity contribution in [2.75, 3.05) is 42.1 Å². The third-order valence-electron chi connectivity index (χ3n) is 6.83. The molecule has 2 aromatic carbocycles. The monoisotopic (exact) mass is 624 g/mol. The molecule has 41 heavy (non-hydrogen) atoms. The van der Waals surface area contributed by atoms with Crippen LogP contribution in [-0.4, -0.2) is 64.8 Å². The molecular formula is C29H41ClN4O5S2. The van der Waals surface area contributed by atoms with Crippen LogP contribution in [-0.2, 0) is 13.0 Å². The first-order chi connectivity index (χ1) is 19.3. The van der Waals surface area contributed by atoms with E-state index in [1.807, 2.05) is 54.8 Å². The fourth-order valence-electron chi connectivity index (χ4n) is 4.77. The van der Waals surface area contributed by atoms with Gasteiger partial charge in [-0.3, -0.25) is 18.2 Å². The lowest BCUT2D eigenvalue weighted by molar-refractivity contribution is 0.0831. The Hall–Kier alpha value is -2.51. The number of thiophene rings is 1. The minimum Gasteiger partial charge on any atom is -0.497 e. The average molecular weight is 625 g/mol. The topological polar surface area (TPSA) is 126 Å². The van der Waals surface area contributed by atoms with Crippen LogP contribution >= 0.6 is 34.5 Å². The Balaban J connectivity index is 0.00000462. The zero-order valence-electron chi connectivity index (χ0n) is 23.4. The maximum Gasteiger partial charge on any atom is 0.251 e.